The van der Waals surface area contributed by atoms with Crippen LogP contribution in [0.3, 0.4) is 0 Å². The predicted octanol–water partition coefficient (Wildman–Crippen LogP) is 5.15. The van der Waals surface area contributed by atoms with Crippen molar-refractivity contribution in [2.75, 3.05) is 0 Å². The van der Waals surface area contributed by atoms with Crippen LogP contribution in [0.2, 0.25) is 0 Å². The van der Waals surface area contributed by atoms with E-state index in [1.807, 2.05) is 0 Å². The summed E-state index contributed by atoms with van der Waals surface area (Å²) in [5, 5.41) is 3.83. The maximum absolute atomic E-state index is 13.2. The van der Waals surface area contributed by atoms with Gasteiger partial charge in [0.25, 0.3) is 16.0 Å². The molecule has 0 aliphatic carbocycles. The van der Waals surface area contributed by atoms with E-state index in [2.05, 4.69) is 26.5 Å². The minimum atomic E-state index is -4.82. The fourth-order valence-corrected chi connectivity index (χ4v) is 4.01. The predicted molar refractivity (Wildman–Crippen MR) is 116 cm³/mol. The van der Waals surface area contributed by atoms with E-state index in [1.54, 1.807) is 30.3 Å². The molecule has 3 aromatic rings. The number of carbonyl (C=O) groups is 1. The summed E-state index contributed by atoms with van der Waals surface area (Å²) in [6, 6.07) is 14.4. The van der Waals surface area contributed by atoms with Gasteiger partial charge in [0.15, 0.2) is 0 Å². The molecule has 166 valence electrons. The topological polar surface area (TPSA) is 95.8 Å². The Labute approximate surface area is 189 Å². The maximum atomic E-state index is 13.2. The monoisotopic (exact) mass is 526 g/mol. The van der Waals surface area contributed by atoms with E-state index >= 15 is 0 Å². The summed E-state index contributed by atoms with van der Waals surface area (Å²) >= 11 is 3.24. The molecular weight excluding hydrogens is 513 g/mol. The van der Waals surface area contributed by atoms with Gasteiger partial charge in [-0.3, -0.25) is 9.35 Å². The van der Waals surface area contributed by atoms with Crippen molar-refractivity contribution in [2.45, 2.75) is 11.1 Å². The van der Waals surface area contributed by atoms with Crippen LogP contribution in [0.1, 0.15) is 21.5 Å². The lowest BCUT2D eigenvalue weighted by molar-refractivity contribution is -0.137. The van der Waals surface area contributed by atoms with Crippen molar-refractivity contribution in [2.24, 2.45) is 5.10 Å². The molecule has 0 aromatic heterocycles. The Morgan fingerprint density at radius 3 is 2.31 bits per heavy atom. The van der Waals surface area contributed by atoms with E-state index in [4.69, 9.17) is 0 Å². The van der Waals surface area contributed by atoms with Crippen LogP contribution in [0.25, 0.3) is 11.1 Å². The van der Waals surface area contributed by atoms with Crippen LogP contribution in [0.15, 0.2) is 81.2 Å². The molecule has 0 atom stereocenters. The molecule has 11 heteroatoms. The summed E-state index contributed by atoms with van der Waals surface area (Å²) < 4.78 is 73.2. The molecule has 6 nitrogen and oxygen atoms in total. The summed E-state index contributed by atoms with van der Waals surface area (Å²) in [4.78, 5) is 11.6. The zero-order valence-corrected chi connectivity index (χ0v) is 18.4. The standard InChI is InChI=1S/C21H14BrF3N2O4S/c22-18-8-4-3-7-16(18)20(28)27-26-12-13-5-1-2-6-15(13)17-11-14(21(23,24)25)9-10-19(17)32(29,30)31/h1-12H,(H,27,28)(H,29,30,31)/b26-12+. The van der Waals surface area contributed by atoms with Crippen LogP contribution in [0, 0.1) is 0 Å². The van der Waals surface area contributed by atoms with Gasteiger partial charge in [0.05, 0.1) is 17.3 Å². The van der Waals surface area contributed by atoms with Crippen LogP contribution < -0.4 is 5.43 Å². The Balaban J connectivity index is 2.02. The van der Waals surface area contributed by atoms with Crippen LogP contribution in [0.4, 0.5) is 13.2 Å². The van der Waals surface area contributed by atoms with Crippen LogP contribution in [0.5, 0.6) is 0 Å². The van der Waals surface area contributed by atoms with Crippen molar-refractivity contribution in [3.05, 3.63) is 87.9 Å². The van der Waals surface area contributed by atoms with Crippen molar-refractivity contribution in [3.8, 4) is 11.1 Å². The second-order valence-corrected chi connectivity index (χ2v) is 8.69. The van der Waals surface area contributed by atoms with E-state index in [-0.39, 0.29) is 16.7 Å². The highest BCUT2D eigenvalue weighted by atomic mass is 79.9. The molecule has 3 aromatic carbocycles. The molecule has 1 amide bonds. The van der Waals surface area contributed by atoms with Crippen LogP contribution in [-0.2, 0) is 16.3 Å². The fraction of sp³-hybridized carbons (Fsp3) is 0.0476. The molecule has 0 aliphatic heterocycles. The number of alkyl halides is 3. The number of benzene rings is 3. The molecule has 0 fully saturated rings. The smallest absolute Gasteiger partial charge is 0.282 e. The first kappa shape index (κ1) is 23.6. The lowest BCUT2D eigenvalue weighted by atomic mass is 9.98. The van der Waals surface area contributed by atoms with Crippen LogP contribution in [-0.4, -0.2) is 25.1 Å². The van der Waals surface area contributed by atoms with Gasteiger partial charge in [0.2, 0.25) is 0 Å². The first-order chi connectivity index (χ1) is 15.0. The summed E-state index contributed by atoms with van der Waals surface area (Å²) in [5.74, 6) is -0.538. The normalized spacial score (nSPS) is 12.2. The zero-order valence-electron chi connectivity index (χ0n) is 16.0. The molecule has 0 radical (unpaired) electrons. The number of amides is 1. The highest BCUT2D eigenvalue weighted by Crippen LogP contribution is 2.36. The molecule has 0 saturated carbocycles. The first-order valence-corrected chi connectivity index (χ1v) is 11.1. The Morgan fingerprint density at radius 1 is 1.00 bits per heavy atom. The summed E-state index contributed by atoms with van der Waals surface area (Å²) in [5.41, 5.74) is 1.43. The number of rotatable bonds is 5. The van der Waals surface area contributed by atoms with Gasteiger partial charge in [0, 0.05) is 15.6 Å². The maximum Gasteiger partial charge on any atom is 0.416 e. The number of hydrogen-bond acceptors (Lipinski definition) is 4. The summed E-state index contributed by atoms with van der Waals surface area (Å²) in [6.45, 7) is 0. The quantitative estimate of drug-likeness (QED) is 0.273. The van der Waals surface area contributed by atoms with Gasteiger partial charge in [-0.1, -0.05) is 36.4 Å². The van der Waals surface area contributed by atoms with Gasteiger partial charge in [-0.2, -0.15) is 26.7 Å². The van der Waals surface area contributed by atoms with E-state index in [0.717, 1.165) is 6.21 Å². The Kier molecular flexibility index (Phi) is 6.82. The number of nitrogens with zero attached hydrogens (tertiary/aromatic N) is 1. The van der Waals surface area contributed by atoms with Crippen LogP contribution >= 0.6 is 15.9 Å². The molecule has 0 unspecified atom stereocenters. The van der Waals surface area contributed by atoms with Crippen molar-refractivity contribution in [1.29, 1.82) is 0 Å². The SMILES string of the molecule is O=C(N/N=C/c1ccccc1-c1cc(C(F)(F)F)ccc1S(=O)(=O)O)c1ccccc1Br. The van der Waals surface area contributed by atoms with Crippen molar-refractivity contribution >= 4 is 38.2 Å². The molecule has 32 heavy (non-hydrogen) atoms. The average molecular weight is 527 g/mol. The third-order valence-electron chi connectivity index (χ3n) is 4.32. The third kappa shape index (κ3) is 5.42. The molecule has 3 rings (SSSR count). The van der Waals surface area contributed by atoms with E-state index < -0.39 is 32.7 Å². The second kappa shape index (κ2) is 9.23. The van der Waals surface area contributed by atoms with E-state index in [1.165, 1.54) is 18.2 Å². The summed E-state index contributed by atoms with van der Waals surface area (Å²) in [7, 11) is -4.82. The van der Waals surface area contributed by atoms with Gasteiger partial charge in [-0.05, 0) is 51.8 Å². The number of halogens is 4. The summed E-state index contributed by atoms with van der Waals surface area (Å²) in [6.07, 6.45) is -3.56. The largest absolute Gasteiger partial charge is 0.416 e. The minimum Gasteiger partial charge on any atom is -0.282 e. The fourth-order valence-electron chi connectivity index (χ4n) is 2.86. The van der Waals surface area contributed by atoms with Crippen molar-refractivity contribution < 1.29 is 30.9 Å². The van der Waals surface area contributed by atoms with Gasteiger partial charge in [-0.15, -0.1) is 0 Å². The molecule has 2 N–H and O–H groups in total. The van der Waals surface area contributed by atoms with E-state index in [9.17, 15) is 30.9 Å². The molecular formula is C21H14BrF3N2O4S. The lowest BCUT2D eigenvalue weighted by Crippen LogP contribution is -2.18. The molecule has 0 heterocycles. The first-order valence-electron chi connectivity index (χ1n) is 8.84. The average Bonchev–Trinajstić information content (AvgIpc) is 2.72. The number of hydrogen-bond donors (Lipinski definition) is 2. The lowest BCUT2D eigenvalue weighted by Gasteiger charge is -2.14. The van der Waals surface area contributed by atoms with Crippen molar-refractivity contribution in [3.63, 3.8) is 0 Å². The minimum absolute atomic E-state index is 0.0603. The van der Waals surface area contributed by atoms with Gasteiger partial charge < -0.3 is 0 Å². The molecule has 0 aliphatic rings. The van der Waals surface area contributed by atoms with Crippen molar-refractivity contribution in [1.82, 2.24) is 5.43 Å². The molecule has 0 spiro atoms. The van der Waals surface area contributed by atoms with Gasteiger partial charge in [-0.25, -0.2) is 5.43 Å². The number of carbonyl (C=O) groups excluding carboxylic acids is 1. The second-order valence-electron chi connectivity index (χ2n) is 6.45. The Hall–Kier alpha value is -3.02. The zero-order chi connectivity index (χ0) is 23.5. The molecule has 0 bridgehead atoms. The van der Waals surface area contributed by atoms with Gasteiger partial charge in [0.1, 0.15) is 4.90 Å². The Morgan fingerprint density at radius 2 is 1.66 bits per heavy atom. The number of nitrogens with one attached hydrogen (secondary N) is 1. The Bertz CT molecular complexity index is 1310. The highest BCUT2D eigenvalue weighted by molar-refractivity contribution is 9.10. The van der Waals surface area contributed by atoms with Gasteiger partial charge >= 0.3 is 6.18 Å². The number of hydrazone groups is 1. The third-order valence-corrected chi connectivity index (χ3v) is 5.93. The molecule has 0 saturated heterocycles. The van der Waals surface area contributed by atoms with E-state index in [0.29, 0.717) is 28.2 Å². The highest BCUT2D eigenvalue weighted by Gasteiger charge is 2.32.